The molecule has 0 aromatic rings. The van der Waals surface area contributed by atoms with Gasteiger partial charge in [-0.3, -0.25) is 4.79 Å². The second kappa shape index (κ2) is 4.94. The monoisotopic (exact) mass is 213 g/mol. The van der Waals surface area contributed by atoms with Crippen LogP contribution in [0.15, 0.2) is 0 Å². The highest BCUT2D eigenvalue weighted by molar-refractivity contribution is 5.77. The summed E-state index contributed by atoms with van der Waals surface area (Å²) in [4.78, 5) is 16.1. The van der Waals surface area contributed by atoms with Crippen molar-refractivity contribution in [3.8, 4) is 0 Å². The molecule has 2 N–H and O–H groups in total. The first-order valence-corrected chi connectivity index (χ1v) is 5.64. The van der Waals surface area contributed by atoms with E-state index in [-0.39, 0.29) is 5.91 Å². The second-order valence-electron chi connectivity index (χ2n) is 5.20. The van der Waals surface area contributed by atoms with Crippen molar-refractivity contribution in [2.75, 3.05) is 33.2 Å². The topological polar surface area (TPSA) is 49.6 Å². The van der Waals surface area contributed by atoms with E-state index in [4.69, 9.17) is 5.73 Å². The van der Waals surface area contributed by atoms with Crippen molar-refractivity contribution in [2.45, 2.75) is 32.2 Å². The Morgan fingerprint density at radius 3 is 2.53 bits per heavy atom. The minimum Gasteiger partial charge on any atom is -0.341 e. The Hall–Kier alpha value is -0.610. The van der Waals surface area contributed by atoms with Crippen LogP contribution in [0.3, 0.4) is 0 Å². The van der Waals surface area contributed by atoms with Crippen molar-refractivity contribution in [2.24, 2.45) is 5.73 Å². The zero-order valence-corrected chi connectivity index (χ0v) is 10.1. The second-order valence-corrected chi connectivity index (χ2v) is 5.20. The van der Waals surface area contributed by atoms with Gasteiger partial charge in [-0.2, -0.15) is 0 Å². The van der Waals surface area contributed by atoms with Crippen molar-refractivity contribution in [1.29, 1.82) is 0 Å². The lowest BCUT2D eigenvalue weighted by molar-refractivity contribution is -0.132. The zero-order chi connectivity index (χ0) is 11.5. The molecule has 0 aromatic carbocycles. The van der Waals surface area contributed by atoms with Gasteiger partial charge in [0.1, 0.15) is 0 Å². The fourth-order valence-corrected chi connectivity index (χ4v) is 1.80. The number of carbonyl (C=O) groups excluding carboxylic acids is 1. The average molecular weight is 213 g/mol. The van der Waals surface area contributed by atoms with Crippen molar-refractivity contribution < 1.29 is 4.79 Å². The van der Waals surface area contributed by atoms with E-state index in [9.17, 15) is 4.79 Å². The molecule has 1 fully saturated rings. The molecule has 1 aliphatic rings. The van der Waals surface area contributed by atoms with Crippen LogP contribution < -0.4 is 5.73 Å². The number of hydrogen-bond acceptors (Lipinski definition) is 3. The summed E-state index contributed by atoms with van der Waals surface area (Å²) in [6, 6.07) is 0. The molecule has 1 aliphatic heterocycles. The van der Waals surface area contributed by atoms with Gasteiger partial charge in [0.2, 0.25) is 5.91 Å². The van der Waals surface area contributed by atoms with Crippen LogP contribution in [0.4, 0.5) is 0 Å². The maximum atomic E-state index is 11.9. The van der Waals surface area contributed by atoms with Gasteiger partial charge < -0.3 is 15.5 Å². The molecule has 0 aromatic heterocycles. The van der Waals surface area contributed by atoms with Crippen LogP contribution >= 0.6 is 0 Å². The van der Waals surface area contributed by atoms with Crippen LogP contribution in [0.5, 0.6) is 0 Å². The molecule has 0 unspecified atom stereocenters. The predicted octanol–water partition coefficient (Wildman–Crippen LogP) is 0.278. The van der Waals surface area contributed by atoms with Gasteiger partial charge in [-0.15, -0.1) is 0 Å². The standard InChI is InChI=1S/C11H23N3O/c1-11(2,12)9-10(15)14-6-4-5-13(3)7-8-14/h4-9,12H2,1-3H3. The Labute approximate surface area is 92.4 Å². The number of carbonyl (C=O) groups is 1. The quantitative estimate of drug-likeness (QED) is 0.716. The highest BCUT2D eigenvalue weighted by Gasteiger charge is 2.22. The first-order valence-electron chi connectivity index (χ1n) is 5.64. The molecule has 0 bridgehead atoms. The molecule has 0 aliphatic carbocycles. The molecule has 1 saturated heterocycles. The van der Waals surface area contributed by atoms with Gasteiger partial charge >= 0.3 is 0 Å². The van der Waals surface area contributed by atoms with Gasteiger partial charge in [-0.25, -0.2) is 0 Å². The van der Waals surface area contributed by atoms with E-state index in [2.05, 4.69) is 11.9 Å². The van der Waals surface area contributed by atoms with Crippen LogP contribution in [-0.2, 0) is 4.79 Å². The number of amides is 1. The summed E-state index contributed by atoms with van der Waals surface area (Å²) in [6.45, 7) is 7.56. The van der Waals surface area contributed by atoms with Crippen molar-refractivity contribution in [1.82, 2.24) is 9.80 Å². The molecule has 4 nitrogen and oxygen atoms in total. The van der Waals surface area contributed by atoms with Gasteiger partial charge in [0.15, 0.2) is 0 Å². The van der Waals surface area contributed by atoms with Crippen molar-refractivity contribution in [3.05, 3.63) is 0 Å². The van der Waals surface area contributed by atoms with Gasteiger partial charge in [0.25, 0.3) is 0 Å². The van der Waals surface area contributed by atoms with Gasteiger partial charge in [0, 0.05) is 31.6 Å². The predicted molar refractivity (Wildman–Crippen MR) is 61.6 cm³/mol. The molecule has 4 heteroatoms. The summed E-state index contributed by atoms with van der Waals surface area (Å²) in [6.07, 6.45) is 1.50. The first kappa shape index (κ1) is 12.5. The third kappa shape index (κ3) is 4.62. The maximum absolute atomic E-state index is 11.9. The molecule has 0 saturated carbocycles. The summed E-state index contributed by atoms with van der Waals surface area (Å²) in [5.74, 6) is 0.192. The van der Waals surface area contributed by atoms with E-state index in [1.807, 2.05) is 18.7 Å². The van der Waals surface area contributed by atoms with Crippen molar-refractivity contribution >= 4 is 5.91 Å². The highest BCUT2D eigenvalue weighted by Crippen LogP contribution is 2.09. The Kier molecular flexibility index (Phi) is 4.11. The van der Waals surface area contributed by atoms with Crippen LogP contribution in [0.2, 0.25) is 0 Å². The molecule has 0 radical (unpaired) electrons. The Morgan fingerprint density at radius 2 is 1.93 bits per heavy atom. The third-order valence-corrected chi connectivity index (χ3v) is 2.68. The lowest BCUT2D eigenvalue weighted by Crippen LogP contribution is -2.42. The normalized spacial score (nSPS) is 20.1. The molecular formula is C11H23N3O. The summed E-state index contributed by atoms with van der Waals surface area (Å²) < 4.78 is 0. The van der Waals surface area contributed by atoms with E-state index in [0.29, 0.717) is 6.42 Å². The van der Waals surface area contributed by atoms with Crippen LogP contribution in [0, 0.1) is 0 Å². The Morgan fingerprint density at radius 1 is 1.27 bits per heavy atom. The SMILES string of the molecule is CN1CCCN(C(=O)CC(C)(C)N)CC1. The van der Waals surface area contributed by atoms with Gasteiger partial charge in [-0.05, 0) is 33.9 Å². The van der Waals surface area contributed by atoms with E-state index >= 15 is 0 Å². The number of rotatable bonds is 2. The fourth-order valence-electron chi connectivity index (χ4n) is 1.80. The van der Waals surface area contributed by atoms with E-state index in [1.165, 1.54) is 0 Å². The summed E-state index contributed by atoms with van der Waals surface area (Å²) in [7, 11) is 2.10. The van der Waals surface area contributed by atoms with Crippen molar-refractivity contribution in [3.63, 3.8) is 0 Å². The van der Waals surface area contributed by atoms with Gasteiger partial charge in [-0.1, -0.05) is 0 Å². The lowest BCUT2D eigenvalue weighted by atomic mass is 10.0. The first-order chi connectivity index (χ1) is 6.88. The molecule has 1 rings (SSSR count). The van der Waals surface area contributed by atoms with E-state index in [1.54, 1.807) is 0 Å². The highest BCUT2D eigenvalue weighted by atomic mass is 16.2. The molecule has 1 amide bonds. The number of nitrogens with zero attached hydrogens (tertiary/aromatic N) is 2. The zero-order valence-electron chi connectivity index (χ0n) is 10.1. The third-order valence-electron chi connectivity index (χ3n) is 2.68. The molecule has 0 atom stereocenters. The summed E-state index contributed by atoms with van der Waals surface area (Å²) >= 11 is 0. The Balaban J connectivity index is 2.45. The maximum Gasteiger partial charge on any atom is 0.224 e. The fraction of sp³-hybridized carbons (Fsp3) is 0.909. The number of nitrogens with two attached hydrogens (primary N) is 1. The summed E-state index contributed by atoms with van der Waals surface area (Å²) in [5.41, 5.74) is 5.46. The van der Waals surface area contributed by atoms with E-state index < -0.39 is 5.54 Å². The molecular weight excluding hydrogens is 190 g/mol. The Bertz CT molecular complexity index is 222. The molecule has 0 spiro atoms. The van der Waals surface area contributed by atoms with Crippen LogP contribution in [0.25, 0.3) is 0 Å². The van der Waals surface area contributed by atoms with E-state index in [0.717, 1.165) is 32.6 Å². The molecule has 88 valence electrons. The number of likely N-dealkylation sites (N-methyl/N-ethyl adjacent to an activating group) is 1. The average Bonchev–Trinajstić information content (AvgIpc) is 2.26. The molecule has 15 heavy (non-hydrogen) atoms. The minimum absolute atomic E-state index is 0.192. The van der Waals surface area contributed by atoms with Crippen LogP contribution in [0.1, 0.15) is 26.7 Å². The summed E-state index contributed by atoms with van der Waals surface area (Å²) in [5, 5.41) is 0. The largest absolute Gasteiger partial charge is 0.341 e. The lowest BCUT2D eigenvalue weighted by Gasteiger charge is -2.25. The number of hydrogen-bond donors (Lipinski definition) is 1. The molecule has 1 heterocycles. The van der Waals surface area contributed by atoms with Crippen LogP contribution in [-0.4, -0.2) is 54.5 Å². The minimum atomic E-state index is -0.394. The smallest absolute Gasteiger partial charge is 0.224 e. The van der Waals surface area contributed by atoms with Gasteiger partial charge in [0.05, 0.1) is 0 Å².